The summed E-state index contributed by atoms with van der Waals surface area (Å²) < 4.78 is 14.0. The summed E-state index contributed by atoms with van der Waals surface area (Å²) in [7, 11) is 0. The van der Waals surface area contributed by atoms with Crippen LogP contribution in [-0.4, -0.2) is 64.9 Å². The number of thioether (sulfide) groups is 1. The molecule has 2 aliphatic rings. The minimum absolute atomic E-state index is 0.0275. The Morgan fingerprint density at radius 3 is 2.53 bits per heavy atom. The predicted octanol–water partition coefficient (Wildman–Crippen LogP) is 5.10. The van der Waals surface area contributed by atoms with Crippen LogP contribution in [0.2, 0.25) is 5.02 Å². The molecule has 6 nitrogen and oxygen atoms in total. The average molecular weight is 524 g/mol. The second kappa shape index (κ2) is 11.4. The highest BCUT2D eigenvalue weighted by Crippen LogP contribution is 2.46. The van der Waals surface area contributed by atoms with E-state index in [-0.39, 0.29) is 17.1 Å². The van der Waals surface area contributed by atoms with Gasteiger partial charge in [-0.3, -0.25) is 9.69 Å². The van der Waals surface area contributed by atoms with Crippen LogP contribution in [0, 0.1) is 5.82 Å². The molecule has 0 radical (unpaired) electrons. The number of amides is 1. The van der Waals surface area contributed by atoms with Gasteiger partial charge in [0.25, 0.3) is 5.91 Å². The Labute approximate surface area is 219 Å². The number of hydrogen-bond donors (Lipinski definition) is 0. The first-order valence-electron chi connectivity index (χ1n) is 12.0. The van der Waals surface area contributed by atoms with Crippen LogP contribution in [0.4, 0.5) is 10.3 Å². The van der Waals surface area contributed by atoms with Gasteiger partial charge in [0, 0.05) is 50.1 Å². The van der Waals surface area contributed by atoms with Crippen molar-refractivity contribution in [1.29, 1.82) is 0 Å². The van der Waals surface area contributed by atoms with E-state index in [1.54, 1.807) is 18.5 Å². The van der Waals surface area contributed by atoms with Crippen molar-refractivity contribution in [3.05, 3.63) is 93.9 Å². The Morgan fingerprint density at radius 1 is 1.00 bits per heavy atom. The molecule has 1 atom stereocenters. The summed E-state index contributed by atoms with van der Waals surface area (Å²) in [6, 6.07) is 15.8. The summed E-state index contributed by atoms with van der Waals surface area (Å²) in [5, 5.41) is 0.364. The van der Waals surface area contributed by atoms with Crippen molar-refractivity contribution in [2.45, 2.75) is 11.8 Å². The molecule has 3 heterocycles. The van der Waals surface area contributed by atoms with Gasteiger partial charge in [-0.15, -0.1) is 0 Å². The SMILES string of the molecule is O=C1/C(=C\c2cccc(Cl)c2)SC(c2cccc(F)c2)N1CCCN1CCN(c2ncccn2)CC1. The second-order valence-electron chi connectivity index (χ2n) is 8.82. The van der Waals surface area contributed by atoms with E-state index >= 15 is 0 Å². The molecule has 1 unspecified atom stereocenters. The number of nitrogens with zero attached hydrogens (tertiary/aromatic N) is 5. The van der Waals surface area contributed by atoms with Gasteiger partial charge in [-0.25, -0.2) is 14.4 Å². The van der Waals surface area contributed by atoms with Crippen LogP contribution in [0.5, 0.6) is 0 Å². The molecule has 186 valence electrons. The summed E-state index contributed by atoms with van der Waals surface area (Å²) in [4.78, 5) is 29.2. The number of aromatic nitrogens is 2. The normalized spacial score (nSPS) is 19.9. The van der Waals surface area contributed by atoms with Crippen molar-refractivity contribution in [1.82, 2.24) is 19.8 Å². The number of halogens is 2. The second-order valence-corrected chi connectivity index (χ2v) is 10.4. The van der Waals surface area contributed by atoms with Gasteiger partial charge in [0.1, 0.15) is 11.2 Å². The maximum atomic E-state index is 14.0. The van der Waals surface area contributed by atoms with Crippen molar-refractivity contribution in [2.75, 3.05) is 44.2 Å². The third-order valence-corrected chi connectivity index (χ3v) is 7.89. The molecule has 2 saturated heterocycles. The van der Waals surface area contributed by atoms with E-state index in [4.69, 9.17) is 11.6 Å². The lowest BCUT2D eigenvalue weighted by atomic mass is 10.1. The monoisotopic (exact) mass is 523 g/mol. The van der Waals surface area contributed by atoms with E-state index in [9.17, 15) is 9.18 Å². The molecule has 3 aromatic rings. The van der Waals surface area contributed by atoms with Gasteiger partial charge in [-0.2, -0.15) is 0 Å². The van der Waals surface area contributed by atoms with Gasteiger partial charge in [0.05, 0.1) is 4.91 Å². The van der Waals surface area contributed by atoms with Gasteiger partial charge in [0.15, 0.2) is 0 Å². The number of rotatable bonds is 7. The minimum atomic E-state index is -0.298. The van der Waals surface area contributed by atoms with E-state index in [0.29, 0.717) is 16.5 Å². The molecule has 2 fully saturated rings. The number of benzene rings is 2. The van der Waals surface area contributed by atoms with E-state index in [0.717, 1.165) is 56.2 Å². The van der Waals surface area contributed by atoms with Crippen molar-refractivity contribution < 1.29 is 9.18 Å². The molecule has 2 aliphatic heterocycles. The summed E-state index contributed by atoms with van der Waals surface area (Å²) >= 11 is 7.60. The zero-order valence-electron chi connectivity index (χ0n) is 19.8. The van der Waals surface area contributed by atoms with Crippen molar-refractivity contribution in [3.8, 4) is 0 Å². The smallest absolute Gasteiger partial charge is 0.261 e. The summed E-state index contributed by atoms with van der Waals surface area (Å²) in [6.45, 7) is 5.09. The third kappa shape index (κ3) is 5.88. The zero-order chi connectivity index (χ0) is 24.9. The van der Waals surface area contributed by atoms with Crippen LogP contribution in [0.25, 0.3) is 6.08 Å². The first-order valence-corrected chi connectivity index (χ1v) is 13.3. The summed E-state index contributed by atoms with van der Waals surface area (Å²) in [5.41, 5.74) is 1.66. The van der Waals surface area contributed by atoms with E-state index < -0.39 is 0 Å². The molecule has 1 amide bonds. The Hall–Kier alpha value is -2.94. The lowest BCUT2D eigenvalue weighted by Gasteiger charge is -2.35. The van der Waals surface area contributed by atoms with E-state index in [1.807, 2.05) is 47.4 Å². The Morgan fingerprint density at radius 2 is 1.78 bits per heavy atom. The summed E-state index contributed by atoms with van der Waals surface area (Å²) in [5.74, 6) is 0.446. The van der Waals surface area contributed by atoms with Gasteiger partial charge in [0.2, 0.25) is 5.95 Å². The van der Waals surface area contributed by atoms with Crippen LogP contribution in [0.15, 0.2) is 71.9 Å². The quantitative estimate of drug-likeness (QED) is 0.402. The highest BCUT2D eigenvalue weighted by Gasteiger charge is 2.37. The molecule has 2 aromatic carbocycles. The average Bonchev–Trinajstić information content (AvgIpc) is 3.20. The molecule has 0 N–H and O–H groups in total. The molecule has 0 aliphatic carbocycles. The maximum absolute atomic E-state index is 14.0. The molecule has 0 bridgehead atoms. The highest BCUT2D eigenvalue weighted by molar-refractivity contribution is 8.04. The van der Waals surface area contributed by atoms with Crippen LogP contribution in [0.1, 0.15) is 22.9 Å². The minimum Gasteiger partial charge on any atom is -0.338 e. The largest absolute Gasteiger partial charge is 0.338 e. The lowest BCUT2D eigenvalue weighted by molar-refractivity contribution is -0.126. The molecular weight excluding hydrogens is 497 g/mol. The fourth-order valence-electron chi connectivity index (χ4n) is 4.54. The van der Waals surface area contributed by atoms with Gasteiger partial charge >= 0.3 is 0 Å². The number of carbonyl (C=O) groups excluding carboxylic acids is 1. The fourth-order valence-corrected chi connectivity index (χ4v) is 6.02. The van der Waals surface area contributed by atoms with Crippen LogP contribution < -0.4 is 4.90 Å². The molecule has 5 rings (SSSR count). The van der Waals surface area contributed by atoms with Gasteiger partial charge in [-0.05, 0) is 60.5 Å². The van der Waals surface area contributed by atoms with Gasteiger partial charge < -0.3 is 9.80 Å². The van der Waals surface area contributed by atoms with Crippen LogP contribution in [0.3, 0.4) is 0 Å². The maximum Gasteiger partial charge on any atom is 0.261 e. The lowest BCUT2D eigenvalue weighted by Crippen LogP contribution is -2.47. The topological polar surface area (TPSA) is 52.6 Å². The van der Waals surface area contributed by atoms with Crippen molar-refractivity contribution in [3.63, 3.8) is 0 Å². The predicted molar refractivity (Wildman–Crippen MR) is 143 cm³/mol. The first-order chi connectivity index (χ1) is 17.6. The van der Waals surface area contributed by atoms with E-state index in [1.165, 1.54) is 23.9 Å². The molecule has 1 aromatic heterocycles. The first kappa shape index (κ1) is 24.7. The highest BCUT2D eigenvalue weighted by atomic mass is 35.5. The van der Waals surface area contributed by atoms with Crippen LogP contribution >= 0.6 is 23.4 Å². The number of hydrogen-bond acceptors (Lipinski definition) is 6. The molecule has 36 heavy (non-hydrogen) atoms. The Bertz CT molecular complexity index is 1240. The third-order valence-electron chi connectivity index (χ3n) is 6.35. The Kier molecular flexibility index (Phi) is 7.84. The van der Waals surface area contributed by atoms with Gasteiger partial charge in [-0.1, -0.05) is 47.6 Å². The van der Waals surface area contributed by atoms with Crippen molar-refractivity contribution >= 4 is 41.3 Å². The van der Waals surface area contributed by atoms with E-state index in [2.05, 4.69) is 19.8 Å². The number of anilines is 1. The zero-order valence-corrected chi connectivity index (χ0v) is 21.3. The summed E-state index contributed by atoms with van der Waals surface area (Å²) in [6.07, 6.45) is 6.24. The van der Waals surface area contributed by atoms with Crippen LogP contribution in [-0.2, 0) is 4.79 Å². The standard InChI is InChI=1S/C27H27ClFN5OS/c28-22-7-1-5-20(17-22)18-24-25(35)34(26(36-24)21-6-2-8-23(29)19-21)12-4-11-32-13-15-33(16-14-32)27-30-9-3-10-31-27/h1-3,5-10,17-19,26H,4,11-16H2/b24-18+. The number of piperazine rings is 1. The number of carbonyl (C=O) groups is 1. The molecule has 0 saturated carbocycles. The molecule has 0 spiro atoms. The fraction of sp³-hybridized carbons (Fsp3) is 0.296. The van der Waals surface area contributed by atoms with Crippen molar-refractivity contribution in [2.24, 2.45) is 0 Å². The molecule has 9 heteroatoms. The molecular formula is C27H27ClFN5OS. The Balaban J connectivity index is 1.24.